The lowest BCUT2D eigenvalue weighted by Crippen LogP contribution is -2.39. The summed E-state index contributed by atoms with van der Waals surface area (Å²) in [7, 11) is -1.25. The molecule has 0 aromatic heterocycles. The highest BCUT2D eigenvalue weighted by Gasteiger charge is 2.13. The molecule has 0 aliphatic carbocycles. The third-order valence-electron chi connectivity index (χ3n) is 4.49. The fourth-order valence-electron chi connectivity index (χ4n) is 3.01. The van der Waals surface area contributed by atoms with E-state index >= 15 is 0 Å². The average Bonchev–Trinajstić information content (AvgIpc) is 2.72. The Hall–Kier alpha value is -2.38. The van der Waals surface area contributed by atoms with Gasteiger partial charge < -0.3 is 15.4 Å². The van der Waals surface area contributed by atoms with Gasteiger partial charge in [0.1, 0.15) is 9.84 Å². The van der Waals surface area contributed by atoms with Crippen molar-refractivity contribution in [2.24, 2.45) is 4.99 Å². The quantitative estimate of drug-likeness (QED) is 0.333. The molecule has 6 nitrogen and oxygen atoms in total. The zero-order chi connectivity index (χ0) is 21.0. The number of ether oxygens (including phenoxy) is 1. The monoisotopic (exact) mass is 417 g/mol. The summed E-state index contributed by atoms with van der Waals surface area (Å²) in [6.07, 6.45) is 2.14. The summed E-state index contributed by atoms with van der Waals surface area (Å²) in [6.45, 7) is 1.96. The molecule has 0 atom stereocenters. The minimum atomic E-state index is -2.98. The van der Waals surface area contributed by atoms with Crippen molar-refractivity contribution in [1.29, 1.82) is 0 Å². The molecule has 2 rings (SSSR count). The molecule has 0 aliphatic rings. The zero-order valence-electron chi connectivity index (χ0n) is 17.2. The minimum Gasteiger partial charge on any atom is -0.379 e. The Morgan fingerprint density at radius 2 is 1.48 bits per heavy atom. The Labute approximate surface area is 174 Å². The van der Waals surface area contributed by atoms with Gasteiger partial charge in [0.15, 0.2) is 5.96 Å². The number of hydrogen-bond donors (Lipinski definition) is 2. The molecule has 0 saturated heterocycles. The van der Waals surface area contributed by atoms with E-state index < -0.39 is 9.84 Å². The van der Waals surface area contributed by atoms with E-state index in [0.717, 1.165) is 13.0 Å². The smallest absolute Gasteiger partial charge is 0.191 e. The van der Waals surface area contributed by atoms with Crippen molar-refractivity contribution >= 4 is 15.8 Å². The number of guanidine groups is 1. The van der Waals surface area contributed by atoms with Crippen LogP contribution in [-0.2, 0) is 14.6 Å². The number of rotatable bonds is 11. The summed E-state index contributed by atoms with van der Waals surface area (Å²) in [4.78, 5) is 4.23. The van der Waals surface area contributed by atoms with Crippen molar-refractivity contribution in [3.8, 4) is 0 Å². The molecule has 0 unspecified atom stereocenters. The highest BCUT2D eigenvalue weighted by molar-refractivity contribution is 7.90. The molecule has 0 amide bonds. The van der Waals surface area contributed by atoms with Gasteiger partial charge in [-0.1, -0.05) is 60.7 Å². The number of sulfone groups is 1. The Kier molecular flexibility index (Phi) is 9.67. The molecule has 2 N–H and O–H groups in total. The molecule has 0 aliphatic heterocycles. The second-order valence-corrected chi connectivity index (χ2v) is 9.09. The van der Waals surface area contributed by atoms with E-state index in [1.54, 1.807) is 7.05 Å². The summed E-state index contributed by atoms with van der Waals surface area (Å²) in [5.41, 5.74) is 2.59. The van der Waals surface area contributed by atoms with Gasteiger partial charge in [0.2, 0.25) is 0 Å². The topological polar surface area (TPSA) is 79.8 Å². The van der Waals surface area contributed by atoms with Crippen LogP contribution >= 0.6 is 0 Å². The lowest BCUT2D eigenvalue weighted by atomic mass is 9.88. The molecule has 7 heteroatoms. The highest BCUT2D eigenvalue weighted by atomic mass is 32.2. The third-order valence-corrected chi connectivity index (χ3v) is 5.40. The molecule has 0 radical (unpaired) electrons. The van der Waals surface area contributed by atoms with Gasteiger partial charge in [-0.3, -0.25) is 4.99 Å². The summed E-state index contributed by atoms with van der Waals surface area (Å²) in [5, 5.41) is 6.53. The second kappa shape index (κ2) is 12.2. The first-order valence-corrected chi connectivity index (χ1v) is 11.9. The maximum absolute atomic E-state index is 11.1. The van der Waals surface area contributed by atoms with Crippen molar-refractivity contribution in [2.45, 2.75) is 12.3 Å². The van der Waals surface area contributed by atoms with Gasteiger partial charge in [0.25, 0.3) is 0 Å². The van der Waals surface area contributed by atoms with E-state index in [0.29, 0.717) is 25.0 Å². The number of hydrogen-bond acceptors (Lipinski definition) is 4. The third kappa shape index (κ3) is 9.11. The molecule has 0 heterocycles. The predicted octanol–water partition coefficient (Wildman–Crippen LogP) is 2.43. The second-order valence-electron chi connectivity index (χ2n) is 6.83. The number of aliphatic imine (C=N–C) groups is 1. The lowest BCUT2D eigenvalue weighted by Gasteiger charge is -2.19. The van der Waals surface area contributed by atoms with Crippen LogP contribution in [0.4, 0.5) is 0 Å². The lowest BCUT2D eigenvalue weighted by molar-refractivity contribution is 0.154. The van der Waals surface area contributed by atoms with Crippen LogP contribution in [0.25, 0.3) is 0 Å². The van der Waals surface area contributed by atoms with E-state index in [-0.39, 0.29) is 12.4 Å². The van der Waals surface area contributed by atoms with Crippen molar-refractivity contribution < 1.29 is 13.2 Å². The van der Waals surface area contributed by atoms with Gasteiger partial charge in [-0.25, -0.2) is 8.42 Å². The number of nitrogens with zero attached hydrogens (tertiary/aromatic N) is 1. The van der Waals surface area contributed by atoms with Crippen LogP contribution in [0, 0.1) is 0 Å². The van der Waals surface area contributed by atoms with Crippen LogP contribution in [0.15, 0.2) is 65.7 Å². The molecular formula is C22H31N3O3S. The molecule has 0 bridgehead atoms. The van der Waals surface area contributed by atoms with Crippen LogP contribution in [0.1, 0.15) is 23.5 Å². The van der Waals surface area contributed by atoms with E-state index in [1.807, 2.05) is 12.1 Å². The van der Waals surface area contributed by atoms with E-state index in [4.69, 9.17) is 4.74 Å². The molecule has 0 spiro atoms. The first kappa shape index (κ1) is 22.9. The Balaban J connectivity index is 1.79. The maximum atomic E-state index is 11.1. The largest absolute Gasteiger partial charge is 0.379 e. The van der Waals surface area contributed by atoms with Crippen molar-refractivity contribution in [2.75, 3.05) is 45.4 Å². The van der Waals surface area contributed by atoms with Gasteiger partial charge >= 0.3 is 0 Å². The van der Waals surface area contributed by atoms with E-state index in [1.165, 1.54) is 17.4 Å². The SMILES string of the molecule is CN=C(NCCOCCS(C)(=O)=O)NCCC(c1ccccc1)c1ccccc1. The number of nitrogens with one attached hydrogen (secondary N) is 2. The molecular weight excluding hydrogens is 386 g/mol. The summed E-state index contributed by atoms with van der Waals surface area (Å²) in [5.74, 6) is 1.05. The predicted molar refractivity (Wildman–Crippen MR) is 119 cm³/mol. The van der Waals surface area contributed by atoms with E-state index in [2.05, 4.69) is 64.2 Å². The molecule has 0 saturated carbocycles. The molecule has 2 aromatic carbocycles. The van der Waals surface area contributed by atoms with Gasteiger partial charge in [-0.05, 0) is 17.5 Å². The first-order valence-electron chi connectivity index (χ1n) is 9.79. The van der Waals surface area contributed by atoms with Crippen LogP contribution < -0.4 is 10.6 Å². The van der Waals surface area contributed by atoms with Crippen LogP contribution in [-0.4, -0.2) is 59.7 Å². The molecule has 29 heavy (non-hydrogen) atoms. The Morgan fingerprint density at radius 1 is 0.931 bits per heavy atom. The fraction of sp³-hybridized carbons (Fsp3) is 0.409. The van der Waals surface area contributed by atoms with Crippen LogP contribution in [0.2, 0.25) is 0 Å². The Morgan fingerprint density at radius 3 is 2.00 bits per heavy atom. The van der Waals surface area contributed by atoms with Crippen molar-refractivity contribution in [3.63, 3.8) is 0 Å². The van der Waals surface area contributed by atoms with E-state index in [9.17, 15) is 8.42 Å². The normalized spacial score (nSPS) is 12.2. The summed E-state index contributed by atoms with van der Waals surface area (Å²) in [6, 6.07) is 21.0. The summed E-state index contributed by atoms with van der Waals surface area (Å²) >= 11 is 0. The van der Waals surface area contributed by atoms with Crippen molar-refractivity contribution in [1.82, 2.24) is 10.6 Å². The average molecular weight is 418 g/mol. The van der Waals surface area contributed by atoms with Crippen molar-refractivity contribution in [3.05, 3.63) is 71.8 Å². The fourth-order valence-corrected chi connectivity index (χ4v) is 3.43. The van der Waals surface area contributed by atoms with Gasteiger partial charge in [-0.2, -0.15) is 0 Å². The highest BCUT2D eigenvalue weighted by Crippen LogP contribution is 2.27. The van der Waals surface area contributed by atoms with Crippen LogP contribution in [0.3, 0.4) is 0 Å². The molecule has 158 valence electrons. The van der Waals surface area contributed by atoms with Crippen LogP contribution in [0.5, 0.6) is 0 Å². The van der Waals surface area contributed by atoms with Gasteiger partial charge in [0, 0.05) is 32.3 Å². The maximum Gasteiger partial charge on any atom is 0.191 e. The summed E-state index contributed by atoms with van der Waals surface area (Å²) < 4.78 is 27.5. The van der Waals surface area contributed by atoms with Gasteiger partial charge in [-0.15, -0.1) is 0 Å². The first-order chi connectivity index (χ1) is 14.0. The Bertz CT molecular complexity index is 801. The van der Waals surface area contributed by atoms with Gasteiger partial charge in [0.05, 0.1) is 19.0 Å². The zero-order valence-corrected chi connectivity index (χ0v) is 18.0. The number of benzene rings is 2. The molecule has 0 fully saturated rings. The molecule has 2 aromatic rings. The standard InChI is InChI=1S/C22H31N3O3S/c1-23-22(25-15-16-28-17-18-29(2,26)27)24-14-13-21(19-9-5-3-6-10-19)20-11-7-4-8-12-20/h3-12,21H,13-18H2,1-2H3,(H2,23,24,25). The minimum absolute atomic E-state index is 0.0420.